The van der Waals surface area contributed by atoms with Crippen molar-refractivity contribution in [2.24, 2.45) is 5.92 Å². The minimum Gasteiger partial charge on any atom is -0.304 e. The van der Waals surface area contributed by atoms with Crippen LogP contribution in [0.25, 0.3) is 0 Å². The second-order valence-corrected chi connectivity index (χ2v) is 5.88. The van der Waals surface area contributed by atoms with Gasteiger partial charge in [-0.05, 0) is 26.0 Å². The Morgan fingerprint density at radius 1 is 1.16 bits per heavy atom. The maximum absolute atomic E-state index is 13.1. The van der Waals surface area contributed by atoms with Gasteiger partial charge in [0.05, 0.1) is 5.57 Å². The van der Waals surface area contributed by atoms with E-state index in [1.165, 1.54) is 6.08 Å². The van der Waals surface area contributed by atoms with Crippen molar-refractivity contribution in [3.8, 4) is 0 Å². The summed E-state index contributed by atoms with van der Waals surface area (Å²) in [5.74, 6) is 0.310. The molecule has 2 bridgehead atoms. The summed E-state index contributed by atoms with van der Waals surface area (Å²) in [6.45, 7) is 5.47. The molecule has 106 valence electrons. The van der Waals surface area contributed by atoms with Crippen molar-refractivity contribution in [1.82, 2.24) is 9.80 Å². The number of hydrogen-bond donors (Lipinski definition) is 0. The van der Waals surface area contributed by atoms with E-state index < -0.39 is 6.18 Å². The summed E-state index contributed by atoms with van der Waals surface area (Å²) in [5, 5.41) is 0. The predicted octanol–water partition coefficient (Wildman–Crippen LogP) is 2.44. The fourth-order valence-electron chi connectivity index (χ4n) is 3.46. The highest BCUT2D eigenvalue weighted by Gasteiger charge is 2.48. The molecule has 1 saturated heterocycles. The van der Waals surface area contributed by atoms with Gasteiger partial charge >= 0.3 is 6.18 Å². The molecule has 19 heavy (non-hydrogen) atoms. The zero-order valence-corrected chi connectivity index (χ0v) is 11.3. The molecule has 0 spiro atoms. The van der Waals surface area contributed by atoms with E-state index in [1.54, 1.807) is 0 Å². The van der Waals surface area contributed by atoms with Crippen molar-refractivity contribution >= 4 is 0 Å². The van der Waals surface area contributed by atoms with Gasteiger partial charge in [-0.15, -0.1) is 0 Å². The maximum atomic E-state index is 13.1. The van der Waals surface area contributed by atoms with E-state index in [-0.39, 0.29) is 11.6 Å². The maximum Gasteiger partial charge on any atom is 0.416 e. The van der Waals surface area contributed by atoms with Crippen LogP contribution >= 0.6 is 0 Å². The lowest BCUT2D eigenvalue weighted by atomic mass is 9.65. The molecule has 1 heterocycles. The average Bonchev–Trinajstić information content (AvgIpc) is 2.37. The van der Waals surface area contributed by atoms with E-state index in [1.807, 2.05) is 6.92 Å². The number of fused-ring (bicyclic) bond motifs is 1. The van der Waals surface area contributed by atoms with E-state index in [4.69, 9.17) is 0 Å². The quantitative estimate of drug-likeness (QED) is 0.723. The Hall–Kier alpha value is -0.810. The molecule has 0 radical (unpaired) electrons. The van der Waals surface area contributed by atoms with Gasteiger partial charge in [0.1, 0.15) is 0 Å². The Balaban J connectivity index is 1.84. The number of rotatable bonds is 1. The molecular weight excluding hydrogens is 253 g/mol. The van der Waals surface area contributed by atoms with E-state index in [2.05, 4.69) is 16.8 Å². The molecule has 0 N–H and O–H groups in total. The standard InChI is InChI=1S/C14H19F3N2/c1-9-10-7-11(9)13(8-12(10)14(15,16)17)19-5-3-18(2)4-6-19/h8,11,13H,3-7H2,1-2H3. The van der Waals surface area contributed by atoms with Gasteiger partial charge in [0.25, 0.3) is 0 Å². The number of piperazine rings is 1. The molecule has 4 aliphatic rings. The molecule has 0 saturated carbocycles. The summed E-state index contributed by atoms with van der Waals surface area (Å²) >= 11 is 0. The SMILES string of the molecule is CC1=C2CC1C(N1CCN(C)CC1)C=C2C(F)(F)F. The van der Waals surface area contributed by atoms with Gasteiger partial charge in [-0.3, -0.25) is 4.90 Å². The van der Waals surface area contributed by atoms with Crippen LogP contribution in [0, 0.1) is 5.92 Å². The van der Waals surface area contributed by atoms with Gasteiger partial charge in [0.15, 0.2) is 0 Å². The molecule has 1 fully saturated rings. The third-order valence-electron chi connectivity index (χ3n) is 4.80. The van der Waals surface area contributed by atoms with Gasteiger partial charge in [0.2, 0.25) is 0 Å². The van der Waals surface area contributed by atoms with Crippen molar-refractivity contribution < 1.29 is 13.2 Å². The number of nitrogens with zero attached hydrogens (tertiary/aromatic N) is 2. The number of likely N-dealkylation sites (N-methyl/N-ethyl adjacent to an activating group) is 1. The van der Waals surface area contributed by atoms with Crippen LogP contribution in [0.2, 0.25) is 0 Å². The molecule has 2 atom stereocenters. The predicted molar refractivity (Wildman–Crippen MR) is 67.8 cm³/mol. The topological polar surface area (TPSA) is 6.48 Å². The average molecular weight is 272 g/mol. The summed E-state index contributed by atoms with van der Waals surface area (Å²) in [6, 6.07) is -0.0529. The van der Waals surface area contributed by atoms with Crippen LogP contribution in [-0.2, 0) is 0 Å². The zero-order valence-electron chi connectivity index (χ0n) is 11.3. The van der Waals surface area contributed by atoms with Crippen molar-refractivity contribution in [2.75, 3.05) is 33.2 Å². The summed E-state index contributed by atoms with van der Waals surface area (Å²) in [7, 11) is 2.06. The van der Waals surface area contributed by atoms with Crippen LogP contribution in [0.4, 0.5) is 13.2 Å². The van der Waals surface area contributed by atoms with Crippen LogP contribution in [0.5, 0.6) is 0 Å². The first-order valence-electron chi connectivity index (χ1n) is 6.79. The molecule has 2 unspecified atom stereocenters. The Bertz CT molecular complexity index is 442. The van der Waals surface area contributed by atoms with E-state index in [9.17, 15) is 13.2 Å². The number of alkyl halides is 3. The van der Waals surface area contributed by atoms with Gasteiger partial charge in [0, 0.05) is 38.1 Å². The van der Waals surface area contributed by atoms with Crippen molar-refractivity contribution in [3.63, 3.8) is 0 Å². The van der Waals surface area contributed by atoms with E-state index in [0.717, 1.165) is 31.8 Å². The first-order chi connectivity index (χ1) is 8.88. The largest absolute Gasteiger partial charge is 0.416 e. The van der Waals surface area contributed by atoms with Crippen LogP contribution in [0.15, 0.2) is 22.8 Å². The first-order valence-corrected chi connectivity index (χ1v) is 6.79. The first kappa shape index (κ1) is 13.2. The second kappa shape index (κ2) is 4.35. The van der Waals surface area contributed by atoms with Crippen molar-refractivity contribution in [2.45, 2.75) is 25.6 Å². The molecule has 1 aliphatic heterocycles. The Labute approximate surface area is 111 Å². The van der Waals surface area contributed by atoms with Crippen LogP contribution in [0.1, 0.15) is 13.3 Å². The lowest BCUT2D eigenvalue weighted by Crippen LogP contribution is -2.54. The third-order valence-corrected chi connectivity index (χ3v) is 4.80. The molecule has 0 aromatic rings. The summed E-state index contributed by atoms with van der Waals surface area (Å²) in [5.41, 5.74) is 1.12. The zero-order chi connectivity index (χ0) is 13.8. The molecule has 0 amide bonds. The smallest absolute Gasteiger partial charge is 0.304 e. The number of allylic oxidation sites excluding steroid dienone is 2. The van der Waals surface area contributed by atoms with E-state index >= 15 is 0 Å². The summed E-state index contributed by atoms with van der Waals surface area (Å²) < 4.78 is 39.2. The lowest BCUT2D eigenvalue weighted by Gasteiger charge is -2.48. The molecule has 3 aliphatic carbocycles. The molecule has 5 heteroatoms. The molecule has 4 rings (SSSR count). The Morgan fingerprint density at radius 3 is 2.32 bits per heavy atom. The van der Waals surface area contributed by atoms with Crippen molar-refractivity contribution in [1.29, 1.82) is 0 Å². The van der Waals surface area contributed by atoms with Crippen LogP contribution in [0.3, 0.4) is 0 Å². The fraction of sp³-hybridized carbons (Fsp3) is 0.714. The second-order valence-electron chi connectivity index (χ2n) is 5.88. The molecule has 0 aromatic heterocycles. The monoisotopic (exact) mass is 272 g/mol. The minimum atomic E-state index is -4.20. The molecule has 0 aromatic carbocycles. The lowest BCUT2D eigenvalue weighted by molar-refractivity contribution is -0.0928. The van der Waals surface area contributed by atoms with Crippen LogP contribution < -0.4 is 0 Å². The van der Waals surface area contributed by atoms with Gasteiger partial charge in [-0.2, -0.15) is 13.2 Å². The van der Waals surface area contributed by atoms with Gasteiger partial charge in [-0.1, -0.05) is 11.6 Å². The highest BCUT2D eigenvalue weighted by Crippen LogP contribution is 2.51. The molecular formula is C14H19F3N2. The third kappa shape index (κ3) is 2.13. The van der Waals surface area contributed by atoms with Gasteiger partial charge < -0.3 is 4.90 Å². The highest BCUT2D eigenvalue weighted by molar-refractivity contribution is 5.51. The summed E-state index contributed by atoms with van der Waals surface area (Å²) in [6.07, 6.45) is -2.12. The number of hydrogen-bond acceptors (Lipinski definition) is 2. The van der Waals surface area contributed by atoms with Crippen molar-refractivity contribution in [3.05, 3.63) is 22.8 Å². The molecule has 2 nitrogen and oxygen atoms in total. The summed E-state index contributed by atoms with van der Waals surface area (Å²) in [4.78, 5) is 4.44. The van der Waals surface area contributed by atoms with E-state index in [0.29, 0.717) is 17.9 Å². The number of halogens is 3. The Kier molecular flexibility index (Phi) is 3.02. The van der Waals surface area contributed by atoms with Crippen LogP contribution in [-0.4, -0.2) is 55.2 Å². The highest BCUT2D eigenvalue weighted by atomic mass is 19.4. The Morgan fingerprint density at radius 2 is 1.79 bits per heavy atom. The van der Waals surface area contributed by atoms with Gasteiger partial charge in [-0.25, -0.2) is 0 Å². The normalized spacial score (nSPS) is 33.2. The fourth-order valence-corrected chi connectivity index (χ4v) is 3.46. The minimum absolute atomic E-state index is 0.0529.